The smallest absolute Gasteiger partial charge is 0.151 e. The zero-order valence-electron chi connectivity index (χ0n) is 6.29. The van der Waals surface area contributed by atoms with Crippen molar-refractivity contribution in [1.29, 1.82) is 0 Å². The Morgan fingerprint density at radius 1 is 1.50 bits per heavy atom. The van der Waals surface area contributed by atoms with Crippen LogP contribution in [0.2, 0.25) is 0 Å². The van der Waals surface area contributed by atoms with Gasteiger partial charge in [0.15, 0.2) is 9.84 Å². The van der Waals surface area contributed by atoms with Crippen LogP contribution in [0.15, 0.2) is 0 Å². The molecule has 0 aromatic carbocycles. The average Bonchev–Trinajstić information content (AvgIpc) is 2.11. The molecule has 2 atom stereocenters. The lowest BCUT2D eigenvalue weighted by atomic mass is 10.2. The summed E-state index contributed by atoms with van der Waals surface area (Å²) in [5.74, 6) is 0. The van der Waals surface area contributed by atoms with Gasteiger partial charge in [-0.1, -0.05) is 0 Å². The van der Waals surface area contributed by atoms with Crippen LogP contribution in [-0.2, 0) is 9.84 Å². The van der Waals surface area contributed by atoms with Crippen LogP contribution < -0.4 is 5.32 Å². The van der Waals surface area contributed by atoms with E-state index in [1.165, 1.54) is 6.26 Å². The van der Waals surface area contributed by atoms with Crippen LogP contribution in [0.4, 0.5) is 0 Å². The van der Waals surface area contributed by atoms with Crippen molar-refractivity contribution in [1.82, 2.24) is 5.32 Å². The van der Waals surface area contributed by atoms with Crippen molar-refractivity contribution in [2.24, 2.45) is 0 Å². The summed E-state index contributed by atoms with van der Waals surface area (Å²) < 4.78 is 21.9. The molecule has 1 fully saturated rings. The zero-order chi connectivity index (χ0) is 7.78. The van der Waals surface area contributed by atoms with E-state index in [1.807, 2.05) is 6.92 Å². The van der Waals surface area contributed by atoms with E-state index >= 15 is 0 Å². The predicted molar refractivity (Wildman–Crippen MR) is 40.7 cm³/mol. The van der Waals surface area contributed by atoms with Gasteiger partial charge in [-0.3, -0.25) is 0 Å². The molecule has 1 aliphatic rings. The molecule has 10 heavy (non-hydrogen) atoms. The Balaban J connectivity index is 2.62. The maximum absolute atomic E-state index is 10.9. The normalized spacial score (nSPS) is 34.6. The summed E-state index contributed by atoms with van der Waals surface area (Å²) >= 11 is 0. The van der Waals surface area contributed by atoms with E-state index in [0.717, 1.165) is 6.42 Å². The molecule has 60 valence electrons. The number of sulfone groups is 1. The van der Waals surface area contributed by atoms with Crippen LogP contribution in [0.1, 0.15) is 13.3 Å². The third kappa shape index (κ3) is 1.70. The second kappa shape index (κ2) is 2.51. The molecule has 0 aromatic heterocycles. The molecule has 1 rings (SSSR count). The lowest BCUT2D eigenvalue weighted by Gasteiger charge is -2.03. The largest absolute Gasteiger partial charge is 0.313 e. The van der Waals surface area contributed by atoms with Crippen molar-refractivity contribution in [2.45, 2.75) is 24.6 Å². The molecular weight excluding hydrogens is 150 g/mol. The molecule has 1 aliphatic heterocycles. The van der Waals surface area contributed by atoms with Crippen molar-refractivity contribution < 1.29 is 8.42 Å². The molecule has 0 amide bonds. The fourth-order valence-corrected chi connectivity index (χ4v) is 2.26. The standard InChI is InChI=1S/C6H13NO2S/c1-5-3-6(4-7-5)10(2,8)9/h5-7H,3-4H2,1-2H3/t5-,6-/m1/s1. The second-order valence-electron chi connectivity index (χ2n) is 3.00. The fourth-order valence-electron chi connectivity index (χ4n) is 1.22. The Bertz CT molecular complexity index is 210. The third-order valence-electron chi connectivity index (χ3n) is 1.92. The van der Waals surface area contributed by atoms with E-state index in [2.05, 4.69) is 5.32 Å². The van der Waals surface area contributed by atoms with Gasteiger partial charge in [-0.2, -0.15) is 0 Å². The minimum atomic E-state index is -2.80. The first-order chi connectivity index (χ1) is 4.50. The summed E-state index contributed by atoms with van der Waals surface area (Å²) in [4.78, 5) is 0. The van der Waals surface area contributed by atoms with Crippen LogP contribution in [0.25, 0.3) is 0 Å². The van der Waals surface area contributed by atoms with Crippen LogP contribution in [0.3, 0.4) is 0 Å². The molecule has 0 saturated carbocycles. The van der Waals surface area contributed by atoms with E-state index in [0.29, 0.717) is 12.6 Å². The molecule has 3 nitrogen and oxygen atoms in total. The first-order valence-electron chi connectivity index (χ1n) is 3.42. The minimum Gasteiger partial charge on any atom is -0.313 e. The van der Waals surface area contributed by atoms with Gasteiger partial charge in [0, 0.05) is 18.8 Å². The van der Waals surface area contributed by atoms with E-state index < -0.39 is 9.84 Å². The first-order valence-corrected chi connectivity index (χ1v) is 5.38. The second-order valence-corrected chi connectivity index (χ2v) is 5.32. The highest BCUT2D eigenvalue weighted by Crippen LogP contribution is 2.12. The molecule has 0 spiro atoms. The number of hydrogen-bond acceptors (Lipinski definition) is 3. The third-order valence-corrected chi connectivity index (χ3v) is 3.49. The van der Waals surface area contributed by atoms with Crippen molar-refractivity contribution in [3.63, 3.8) is 0 Å². The Labute approximate surface area is 61.7 Å². The van der Waals surface area contributed by atoms with Crippen molar-refractivity contribution in [3.8, 4) is 0 Å². The van der Waals surface area contributed by atoms with E-state index in [-0.39, 0.29) is 5.25 Å². The predicted octanol–water partition coefficient (Wildman–Crippen LogP) is -0.219. The van der Waals surface area contributed by atoms with Crippen molar-refractivity contribution >= 4 is 9.84 Å². The Morgan fingerprint density at radius 3 is 2.30 bits per heavy atom. The Morgan fingerprint density at radius 2 is 2.10 bits per heavy atom. The molecule has 1 saturated heterocycles. The maximum Gasteiger partial charge on any atom is 0.151 e. The molecule has 0 aliphatic carbocycles. The molecular formula is C6H13NO2S. The summed E-state index contributed by atoms with van der Waals surface area (Å²) in [6.45, 7) is 2.63. The van der Waals surface area contributed by atoms with Gasteiger partial charge in [-0.05, 0) is 13.3 Å². The van der Waals surface area contributed by atoms with Crippen molar-refractivity contribution in [2.75, 3.05) is 12.8 Å². The molecule has 1 N–H and O–H groups in total. The molecule has 0 bridgehead atoms. The molecule has 4 heteroatoms. The topological polar surface area (TPSA) is 46.2 Å². The lowest BCUT2D eigenvalue weighted by molar-refractivity contribution is 0.587. The highest BCUT2D eigenvalue weighted by atomic mass is 32.2. The van der Waals surface area contributed by atoms with Gasteiger partial charge in [0.05, 0.1) is 5.25 Å². The first kappa shape index (κ1) is 8.01. The molecule has 1 heterocycles. The van der Waals surface area contributed by atoms with Gasteiger partial charge >= 0.3 is 0 Å². The number of rotatable bonds is 1. The summed E-state index contributed by atoms with van der Waals surface area (Å²) in [6.07, 6.45) is 2.07. The minimum absolute atomic E-state index is 0.150. The van der Waals surface area contributed by atoms with Gasteiger partial charge in [0.2, 0.25) is 0 Å². The highest BCUT2D eigenvalue weighted by Gasteiger charge is 2.28. The van der Waals surface area contributed by atoms with Crippen LogP contribution in [0, 0.1) is 0 Å². The lowest BCUT2D eigenvalue weighted by Crippen LogP contribution is -2.22. The number of hydrogen-bond donors (Lipinski definition) is 1. The van der Waals surface area contributed by atoms with Crippen LogP contribution >= 0.6 is 0 Å². The molecule has 0 radical (unpaired) electrons. The van der Waals surface area contributed by atoms with Crippen LogP contribution in [0.5, 0.6) is 0 Å². The number of nitrogens with one attached hydrogen (secondary N) is 1. The average molecular weight is 163 g/mol. The Kier molecular flexibility index (Phi) is 2.01. The zero-order valence-corrected chi connectivity index (χ0v) is 7.11. The SMILES string of the molecule is C[C@@H]1C[C@@H](S(C)(=O)=O)CN1. The van der Waals surface area contributed by atoms with Gasteiger partial charge in [-0.25, -0.2) is 8.42 Å². The summed E-state index contributed by atoms with van der Waals surface area (Å²) in [7, 11) is -2.80. The Hall–Kier alpha value is -0.0900. The molecule has 0 unspecified atom stereocenters. The molecule has 0 aromatic rings. The van der Waals surface area contributed by atoms with E-state index in [4.69, 9.17) is 0 Å². The summed E-state index contributed by atoms with van der Waals surface area (Å²) in [5, 5.41) is 2.95. The van der Waals surface area contributed by atoms with Gasteiger partial charge in [-0.15, -0.1) is 0 Å². The maximum atomic E-state index is 10.9. The van der Waals surface area contributed by atoms with Gasteiger partial charge in [0.25, 0.3) is 0 Å². The highest BCUT2D eigenvalue weighted by molar-refractivity contribution is 7.91. The van der Waals surface area contributed by atoms with Crippen LogP contribution in [-0.4, -0.2) is 32.5 Å². The quantitative estimate of drug-likeness (QED) is 0.581. The van der Waals surface area contributed by atoms with E-state index in [9.17, 15) is 8.42 Å². The monoisotopic (exact) mass is 163 g/mol. The fraction of sp³-hybridized carbons (Fsp3) is 1.00. The van der Waals surface area contributed by atoms with Crippen molar-refractivity contribution in [3.05, 3.63) is 0 Å². The summed E-state index contributed by atoms with van der Waals surface area (Å²) in [5.41, 5.74) is 0. The van der Waals surface area contributed by atoms with Gasteiger partial charge in [0.1, 0.15) is 0 Å². The van der Waals surface area contributed by atoms with Gasteiger partial charge < -0.3 is 5.32 Å². The summed E-state index contributed by atoms with van der Waals surface area (Å²) in [6, 6.07) is 0.361. The van der Waals surface area contributed by atoms with E-state index in [1.54, 1.807) is 0 Å².